The molecule has 1 aliphatic rings. The number of aliphatic hydroxyl groups is 1. The van der Waals surface area contributed by atoms with E-state index in [0.717, 1.165) is 30.8 Å². The molecular weight excluding hydrogens is 234 g/mol. The van der Waals surface area contributed by atoms with Crippen molar-refractivity contribution >= 4 is 17.1 Å². The van der Waals surface area contributed by atoms with E-state index < -0.39 is 0 Å². The van der Waals surface area contributed by atoms with Crippen molar-refractivity contribution in [2.45, 2.75) is 25.9 Å². The molecule has 1 fully saturated rings. The number of ketones is 1. The van der Waals surface area contributed by atoms with Gasteiger partial charge in [0.15, 0.2) is 5.78 Å². The van der Waals surface area contributed by atoms with Crippen molar-refractivity contribution in [2.75, 3.05) is 19.6 Å². The van der Waals surface area contributed by atoms with E-state index in [4.69, 9.17) is 0 Å². The average molecular weight is 253 g/mol. The van der Waals surface area contributed by atoms with E-state index >= 15 is 0 Å². The Balaban J connectivity index is 1.80. The van der Waals surface area contributed by atoms with Crippen molar-refractivity contribution in [1.29, 1.82) is 0 Å². The van der Waals surface area contributed by atoms with Crippen molar-refractivity contribution in [1.82, 2.24) is 4.90 Å². The van der Waals surface area contributed by atoms with E-state index in [1.807, 2.05) is 24.4 Å². The number of thiophene rings is 1. The lowest BCUT2D eigenvalue weighted by Gasteiger charge is -2.32. The molecule has 0 spiro atoms. The van der Waals surface area contributed by atoms with E-state index in [2.05, 4.69) is 4.90 Å². The first-order valence-electron chi connectivity index (χ1n) is 6.14. The molecule has 1 aliphatic heterocycles. The highest BCUT2D eigenvalue weighted by Gasteiger charge is 2.24. The molecule has 1 unspecified atom stereocenters. The van der Waals surface area contributed by atoms with Gasteiger partial charge >= 0.3 is 0 Å². The lowest BCUT2D eigenvalue weighted by Crippen LogP contribution is -2.39. The van der Waals surface area contributed by atoms with E-state index in [1.165, 1.54) is 11.3 Å². The van der Waals surface area contributed by atoms with Crippen molar-refractivity contribution in [3.8, 4) is 0 Å². The molecule has 0 aliphatic carbocycles. The van der Waals surface area contributed by atoms with E-state index in [0.29, 0.717) is 12.5 Å². The van der Waals surface area contributed by atoms with Gasteiger partial charge in [-0.25, -0.2) is 0 Å². The third kappa shape index (κ3) is 3.37. The normalized spacial score (nSPS) is 20.4. The molecule has 3 nitrogen and oxygen atoms in total. The fourth-order valence-corrected chi connectivity index (χ4v) is 2.97. The summed E-state index contributed by atoms with van der Waals surface area (Å²) >= 11 is 1.51. The van der Waals surface area contributed by atoms with Gasteiger partial charge in [-0.1, -0.05) is 6.07 Å². The van der Waals surface area contributed by atoms with Crippen molar-refractivity contribution < 1.29 is 9.90 Å². The summed E-state index contributed by atoms with van der Waals surface area (Å²) in [6, 6.07) is 3.80. The molecule has 1 atom stereocenters. The standard InChI is InChI=1S/C13H19NO2S/c1-10(15)11-4-6-14(7-5-11)9-12(16)13-3-2-8-17-13/h2-3,8,10-11,15H,4-7,9H2,1H3. The summed E-state index contributed by atoms with van der Waals surface area (Å²) in [6.07, 6.45) is 1.77. The molecule has 1 N–H and O–H groups in total. The third-order valence-corrected chi connectivity index (χ3v) is 4.39. The highest BCUT2D eigenvalue weighted by molar-refractivity contribution is 7.12. The predicted molar refractivity (Wildman–Crippen MR) is 69.5 cm³/mol. The summed E-state index contributed by atoms with van der Waals surface area (Å²) in [5, 5.41) is 11.4. The van der Waals surface area contributed by atoms with Crippen molar-refractivity contribution in [2.24, 2.45) is 5.92 Å². The fraction of sp³-hybridized carbons (Fsp3) is 0.615. The zero-order chi connectivity index (χ0) is 12.3. The van der Waals surface area contributed by atoms with Crippen LogP contribution in [0.4, 0.5) is 0 Å². The molecule has 4 heteroatoms. The van der Waals surface area contributed by atoms with Crippen LogP contribution in [0.1, 0.15) is 29.4 Å². The van der Waals surface area contributed by atoms with Crippen LogP contribution in [0.5, 0.6) is 0 Å². The maximum absolute atomic E-state index is 11.9. The first kappa shape index (κ1) is 12.7. The number of likely N-dealkylation sites (tertiary alicyclic amines) is 1. The minimum absolute atomic E-state index is 0.217. The molecule has 0 saturated carbocycles. The summed E-state index contributed by atoms with van der Waals surface area (Å²) < 4.78 is 0. The highest BCUT2D eigenvalue weighted by atomic mass is 32.1. The Bertz CT molecular complexity index is 354. The Morgan fingerprint density at radius 1 is 1.59 bits per heavy atom. The largest absolute Gasteiger partial charge is 0.393 e. The van der Waals surface area contributed by atoms with Gasteiger partial charge in [0.05, 0.1) is 17.5 Å². The van der Waals surface area contributed by atoms with Gasteiger partial charge in [-0.2, -0.15) is 0 Å². The Morgan fingerprint density at radius 2 is 2.29 bits per heavy atom. The van der Waals surface area contributed by atoms with Gasteiger partial charge in [-0.15, -0.1) is 11.3 Å². The Morgan fingerprint density at radius 3 is 2.82 bits per heavy atom. The van der Waals surface area contributed by atoms with Crippen LogP contribution in [0.15, 0.2) is 17.5 Å². The van der Waals surface area contributed by atoms with Gasteiger partial charge in [0, 0.05) is 0 Å². The quantitative estimate of drug-likeness (QED) is 0.835. The van der Waals surface area contributed by atoms with Gasteiger partial charge < -0.3 is 5.11 Å². The maximum atomic E-state index is 11.9. The fourth-order valence-electron chi connectivity index (χ4n) is 2.31. The monoisotopic (exact) mass is 253 g/mol. The van der Waals surface area contributed by atoms with Crippen molar-refractivity contribution in [3.63, 3.8) is 0 Å². The summed E-state index contributed by atoms with van der Waals surface area (Å²) in [5.74, 6) is 0.624. The molecule has 1 saturated heterocycles. The van der Waals surface area contributed by atoms with Crippen LogP contribution in [0, 0.1) is 5.92 Å². The minimum atomic E-state index is -0.217. The van der Waals surface area contributed by atoms with Gasteiger partial charge in [0.25, 0.3) is 0 Å². The zero-order valence-corrected chi connectivity index (χ0v) is 10.9. The lowest BCUT2D eigenvalue weighted by molar-refractivity contribution is 0.0666. The Kier molecular flexibility index (Phi) is 4.31. The van der Waals surface area contributed by atoms with Gasteiger partial charge in [0.2, 0.25) is 0 Å². The number of carbonyl (C=O) groups is 1. The predicted octanol–water partition coefficient (Wildman–Crippen LogP) is 2.02. The van der Waals surface area contributed by atoms with Crippen LogP contribution in [0.3, 0.4) is 0 Å². The second-order valence-electron chi connectivity index (χ2n) is 4.75. The minimum Gasteiger partial charge on any atom is -0.393 e. The van der Waals surface area contributed by atoms with Gasteiger partial charge in [-0.05, 0) is 50.2 Å². The van der Waals surface area contributed by atoms with Gasteiger partial charge in [0.1, 0.15) is 0 Å². The SMILES string of the molecule is CC(O)C1CCN(CC(=O)c2cccs2)CC1. The highest BCUT2D eigenvalue weighted by Crippen LogP contribution is 2.21. The molecule has 94 valence electrons. The second-order valence-corrected chi connectivity index (χ2v) is 5.70. The van der Waals surface area contributed by atoms with Crippen molar-refractivity contribution in [3.05, 3.63) is 22.4 Å². The number of hydrogen-bond acceptors (Lipinski definition) is 4. The third-order valence-electron chi connectivity index (χ3n) is 3.48. The number of rotatable bonds is 4. The molecule has 0 amide bonds. The summed E-state index contributed by atoms with van der Waals surface area (Å²) in [5.41, 5.74) is 0. The van der Waals surface area contributed by atoms with Crippen LogP contribution >= 0.6 is 11.3 Å². The number of carbonyl (C=O) groups excluding carboxylic acids is 1. The molecule has 2 rings (SSSR count). The van der Waals surface area contributed by atoms with E-state index in [1.54, 1.807) is 0 Å². The van der Waals surface area contributed by atoms with Crippen LogP contribution in [0.2, 0.25) is 0 Å². The van der Waals surface area contributed by atoms with Crippen LogP contribution in [-0.4, -0.2) is 41.5 Å². The van der Waals surface area contributed by atoms with E-state index in [9.17, 15) is 9.90 Å². The molecule has 17 heavy (non-hydrogen) atoms. The lowest BCUT2D eigenvalue weighted by atomic mass is 9.92. The Labute approximate surface area is 106 Å². The summed E-state index contributed by atoms with van der Waals surface area (Å²) in [7, 11) is 0. The topological polar surface area (TPSA) is 40.5 Å². The van der Waals surface area contributed by atoms with Crippen LogP contribution in [-0.2, 0) is 0 Å². The molecule has 1 aromatic heterocycles. The molecule has 2 heterocycles. The smallest absolute Gasteiger partial charge is 0.186 e. The number of piperidine rings is 1. The molecule has 0 aromatic carbocycles. The van der Waals surface area contributed by atoms with Gasteiger partial charge in [-0.3, -0.25) is 9.69 Å². The molecule has 0 radical (unpaired) electrons. The number of aliphatic hydroxyl groups excluding tert-OH is 1. The van der Waals surface area contributed by atoms with Crippen LogP contribution < -0.4 is 0 Å². The maximum Gasteiger partial charge on any atom is 0.186 e. The zero-order valence-electron chi connectivity index (χ0n) is 10.1. The summed E-state index contributed by atoms with van der Waals surface area (Å²) in [4.78, 5) is 15.0. The molecular formula is C13H19NO2S. The van der Waals surface area contributed by atoms with Crippen LogP contribution in [0.25, 0.3) is 0 Å². The summed E-state index contributed by atoms with van der Waals surface area (Å²) in [6.45, 7) is 4.23. The first-order valence-corrected chi connectivity index (χ1v) is 7.02. The number of Topliss-reactive ketones (excluding diaryl/α,β-unsaturated/α-hetero) is 1. The second kappa shape index (κ2) is 5.76. The number of hydrogen-bond donors (Lipinski definition) is 1. The average Bonchev–Trinajstić information content (AvgIpc) is 2.83. The van der Waals surface area contributed by atoms with E-state index in [-0.39, 0.29) is 11.9 Å². The Hall–Kier alpha value is -0.710. The first-order chi connectivity index (χ1) is 8.16. The molecule has 0 bridgehead atoms. The number of nitrogens with zero attached hydrogens (tertiary/aromatic N) is 1. The molecule has 1 aromatic rings.